The van der Waals surface area contributed by atoms with E-state index < -0.39 is 15.4 Å². The molecule has 3 amide bonds. The molecule has 1 unspecified atom stereocenters. The Hall–Kier alpha value is -2.21. The van der Waals surface area contributed by atoms with Crippen LogP contribution in [0.4, 0.5) is 15.6 Å². The van der Waals surface area contributed by atoms with E-state index in [2.05, 4.69) is 10.3 Å². The standard InChI is InChI=1S/C21H26ClN5O4S2/c1-4-26(5-2)33(30,31)15-6-7-17-16(10-15)21(8-9-25(12-21)14(3)28)13-27(17)20(29)24-19-23-11-18(22)32-19/h6-7,10-11H,4-5,8-9,12-13H2,1-3H3,(H,23,24,29). The summed E-state index contributed by atoms with van der Waals surface area (Å²) in [5.74, 6) is -0.0410. The van der Waals surface area contributed by atoms with Crippen LogP contribution in [0.25, 0.3) is 0 Å². The van der Waals surface area contributed by atoms with Crippen molar-refractivity contribution in [2.75, 3.05) is 42.9 Å². The number of likely N-dealkylation sites (tertiary alicyclic amines) is 1. The topological polar surface area (TPSA) is 103 Å². The van der Waals surface area contributed by atoms with Crippen LogP contribution in [0.3, 0.4) is 0 Å². The molecule has 1 saturated heterocycles. The van der Waals surface area contributed by atoms with Gasteiger partial charge in [-0.05, 0) is 30.2 Å². The molecule has 4 rings (SSSR count). The number of urea groups is 1. The van der Waals surface area contributed by atoms with Crippen molar-refractivity contribution < 1.29 is 18.0 Å². The van der Waals surface area contributed by atoms with Gasteiger partial charge in [0.25, 0.3) is 0 Å². The summed E-state index contributed by atoms with van der Waals surface area (Å²) in [6.45, 7) is 7.17. The number of nitrogens with zero attached hydrogens (tertiary/aromatic N) is 4. The third kappa shape index (κ3) is 4.23. The van der Waals surface area contributed by atoms with Crippen LogP contribution in [0.1, 0.15) is 32.8 Å². The Morgan fingerprint density at radius 1 is 1.27 bits per heavy atom. The molecule has 2 aromatic rings. The molecule has 178 valence electrons. The predicted molar refractivity (Wildman–Crippen MR) is 129 cm³/mol. The van der Waals surface area contributed by atoms with Crippen molar-refractivity contribution in [1.29, 1.82) is 0 Å². The van der Waals surface area contributed by atoms with Gasteiger partial charge in [-0.1, -0.05) is 36.8 Å². The Labute approximate surface area is 202 Å². The lowest BCUT2D eigenvalue weighted by Gasteiger charge is -2.26. The minimum atomic E-state index is -3.67. The van der Waals surface area contributed by atoms with Gasteiger partial charge in [0.05, 0.1) is 11.1 Å². The molecular formula is C21H26ClN5O4S2. The Morgan fingerprint density at radius 2 is 2.00 bits per heavy atom. The van der Waals surface area contributed by atoms with Crippen LogP contribution in [0.2, 0.25) is 4.34 Å². The number of anilines is 2. The number of thiazole rings is 1. The van der Waals surface area contributed by atoms with Gasteiger partial charge >= 0.3 is 6.03 Å². The number of halogens is 1. The van der Waals surface area contributed by atoms with Gasteiger partial charge in [0.2, 0.25) is 15.9 Å². The number of hydrogen-bond donors (Lipinski definition) is 1. The van der Waals surface area contributed by atoms with E-state index in [1.165, 1.54) is 17.4 Å². The molecule has 33 heavy (non-hydrogen) atoms. The first kappa shape index (κ1) is 23.9. The quantitative estimate of drug-likeness (QED) is 0.663. The van der Waals surface area contributed by atoms with Crippen molar-refractivity contribution in [1.82, 2.24) is 14.2 Å². The highest BCUT2D eigenvalue weighted by atomic mass is 35.5. The van der Waals surface area contributed by atoms with E-state index in [1.807, 2.05) is 0 Å². The van der Waals surface area contributed by atoms with Crippen LogP contribution in [0.5, 0.6) is 0 Å². The number of benzene rings is 1. The van der Waals surface area contributed by atoms with Crippen LogP contribution < -0.4 is 10.2 Å². The molecule has 2 aliphatic heterocycles. The summed E-state index contributed by atoms with van der Waals surface area (Å²) in [5.41, 5.74) is 0.874. The van der Waals surface area contributed by atoms with Crippen molar-refractivity contribution in [3.63, 3.8) is 0 Å². The summed E-state index contributed by atoms with van der Waals surface area (Å²) in [6.07, 6.45) is 2.11. The average Bonchev–Trinajstić information content (AvgIpc) is 3.47. The van der Waals surface area contributed by atoms with Gasteiger partial charge in [0.1, 0.15) is 4.34 Å². The first-order valence-electron chi connectivity index (χ1n) is 10.7. The van der Waals surface area contributed by atoms with Crippen molar-refractivity contribution in [2.45, 2.75) is 37.5 Å². The lowest BCUT2D eigenvalue weighted by atomic mass is 9.81. The SMILES string of the molecule is CCN(CC)S(=O)(=O)c1ccc2c(c1)C1(CCN(C(C)=O)C1)CN2C(=O)Nc1ncc(Cl)s1. The third-order valence-corrected chi connectivity index (χ3v) is 9.45. The highest BCUT2D eigenvalue weighted by molar-refractivity contribution is 7.89. The van der Waals surface area contributed by atoms with Crippen LogP contribution in [-0.4, -0.2) is 67.3 Å². The fraction of sp³-hybridized carbons (Fsp3) is 0.476. The van der Waals surface area contributed by atoms with Crippen LogP contribution >= 0.6 is 22.9 Å². The maximum absolute atomic E-state index is 13.2. The number of carbonyl (C=O) groups is 2. The van der Waals surface area contributed by atoms with E-state index in [4.69, 9.17) is 11.6 Å². The van der Waals surface area contributed by atoms with E-state index in [9.17, 15) is 18.0 Å². The smallest absolute Gasteiger partial charge is 0.328 e. The molecule has 3 heterocycles. The Morgan fingerprint density at radius 3 is 2.58 bits per heavy atom. The second-order valence-electron chi connectivity index (χ2n) is 8.23. The highest BCUT2D eigenvalue weighted by Gasteiger charge is 2.50. The number of fused-ring (bicyclic) bond motifs is 2. The molecule has 2 aliphatic rings. The maximum Gasteiger partial charge on any atom is 0.328 e. The first-order valence-corrected chi connectivity index (χ1v) is 13.3. The predicted octanol–water partition coefficient (Wildman–Crippen LogP) is 3.37. The van der Waals surface area contributed by atoms with Gasteiger partial charge in [-0.3, -0.25) is 15.0 Å². The minimum absolute atomic E-state index is 0.0410. The molecule has 1 fully saturated rings. The molecule has 0 aliphatic carbocycles. The van der Waals surface area contributed by atoms with E-state index >= 15 is 0 Å². The van der Waals surface area contributed by atoms with Gasteiger partial charge < -0.3 is 4.90 Å². The minimum Gasteiger partial charge on any atom is -0.342 e. The number of rotatable bonds is 5. The zero-order chi connectivity index (χ0) is 24.0. The molecule has 0 radical (unpaired) electrons. The summed E-state index contributed by atoms with van der Waals surface area (Å²) < 4.78 is 28.2. The fourth-order valence-corrected chi connectivity index (χ4v) is 6.95. The zero-order valence-electron chi connectivity index (χ0n) is 18.7. The van der Waals surface area contributed by atoms with Gasteiger partial charge in [-0.15, -0.1) is 0 Å². The van der Waals surface area contributed by atoms with Crippen LogP contribution in [-0.2, 0) is 20.2 Å². The first-order chi connectivity index (χ1) is 15.6. The lowest BCUT2D eigenvalue weighted by molar-refractivity contribution is -0.127. The monoisotopic (exact) mass is 511 g/mol. The normalized spacial score (nSPS) is 20.0. The Balaban J connectivity index is 1.75. The van der Waals surface area contributed by atoms with Gasteiger partial charge in [-0.2, -0.15) is 4.31 Å². The number of aromatic nitrogens is 1. The maximum atomic E-state index is 13.2. The molecule has 9 nitrogen and oxygen atoms in total. The zero-order valence-corrected chi connectivity index (χ0v) is 21.1. The van der Waals surface area contributed by atoms with Crippen LogP contribution in [0.15, 0.2) is 29.3 Å². The molecule has 1 aromatic carbocycles. The summed E-state index contributed by atoms with van der Waals surface area (Å²) in [5, 5.41) is 3.15. The number of sulfonamides is 1. The van der Waals surface area contributed by atoms with Crippen molar-refractivity contribution in [3.05, 3.63) is 34.3 Å². The largest absolute Gasteiger partial charge is 0.342 e. The van der Waals surface area contributed by atoms with E-state index in [-0.39, 0.29) is 16.8 Å². The molecule has 1 atom stereocenters. The van der Waals surface area contributed by atoms with E-state index in [0.29, 0.717) is 54.3 Å². The molecule has 1 aromatic heterocycles. The molecule has 0 saturated carbocycles. The number of amides is 3. The Kier molecular flexibility index (Phi) is 6.43. The second kappa shape index (κ2) is 8.86. The van der Waals surface area contributed by atoms with Gasteiger partial charge in [0, 0.05) is 50.7 Å². The highest BCUT2D eigenvalue weighted by Crippen LogP contribution is 2.47. The van der Waals surface area contributed by atoms with Crippen LogP contribution in [0, 0.1) is 0 Å². The van der Waals surface area contributed by atoms with E-state index in [0.717, 1.165) is 16.9 Å². The third-order valence-electron chi connectivity index (χ3n) is 6.37. The number of hydrogen-bond acceptors (Lipinski definition) is 6. The average molecular weight is 512 g/mol. The molecule has 1 N–H and O–H groups in total. The molecular weight excluding hydrogens is 486 g/mol. The number of nitrogens with one attached hydrogen (secondary N) is 1. The summed E-state index contributed by atoms with van der Waals surface area (Å²) >= 11 is 7.09. The number of carbonyl (C=O) groups excluding carboxylic acids is 2. The van der Waals surface area contributed by atoms with Gasteiger partial charge in [-0.25, -0.2) is 18.2 Å². The molecule has 1 spiro atoms. The second-order valence-corrected chi connectivity index (χ2v) is 11.8. The molecule has 0 bridgehead atoms. The Bertz CT molecular complexity index is 1200. The van der Waals surface area contributed by atoms with E-state index in [1.54, 1.807) is 41.8 Å². The fourth-order valence-electron chi connectivity index (χ4n) is 4.66. The van der Waals surface area contributed by atoms with Crippen molar-refractivity contribution in [2.24, 2.45) is 0 Å². The summed E-state index contributed by atoms with van der Waals surface area (Å²) in [4.78, 5) is 32.8. The summed E-state index contributed by atoms with van der Waals surface area (Å²) in [7, 11) is -3.67. The van der Waals surface area contributed by atoms with Crippen molar-refractivity contribution in [3.8, 4) is 0 Å². The summed E-state index contributed by atoms with van der Waals surface area (Å²) in [6, 6.07) is 4.54. The van der Waals surface area contributed by atoms with Gasteiger partial charge in [0.15, 0.2) is 5.13 Å². The molecule has 12 heteroatoms. The van der Waals surface area contributed by atoms with Crippen molar-refractivity contribution >= 4 is 55.7 Å². The lowest BCUT2D eigenvalue weighted by Crippen LogP contribution is -2.41.